The second-order valence-electron chi connectivity index (χ2n) is 5.56. The predicted octanol–water partition coefficient (Wildman–Crippen LogP) is 3.03. The molecular weight excluding hydrogens is 296 g/mol. The molecule has 5 nitrogen and oxygen atoms in total. The van der Waals surface area contributed by atoms with Crippen molar-refractivity contribution in [1.82, 2.24) is 0 Å². The van der Waals surface area contributed by atoms with E-state index in [4.69, 9.17) is 23.7 Å². The molecule has 0 aliphatic carbocycles. The number of hydrogen-bond donors (Lipinski definition) is 0. The molecule has 0 N–H and O–H groups in total. The number of benzene rings is 2. The van der Waals surface area contributed by atoms with Gasteiger partial charge in [0.15, 0.2) is 11.5 Å². The van der Waals surface area contributed by atoms with Crippen LogP contribution in [0.1, 0.15) is 0 Å². The Kier molecular flexibility index (Phi) is 4.05. The van der Waals surface area contributed by atoms with Crippen LogP contribution in [0, 0.1) is 0 Å². The van der Waals surface area contributed by atoms with E-state index in [0.717, 1.165) is 24.7 Å². The van der Waals surface area contributed by atoms with Crippen molar-refractivity contribution in [3.05, 3.63) is 48.5 Å². The van der Waals surface area contributed by atoms with E-state index in [1.165, 1.54) is 0 Å². The fourth-order valence-electron chi connectivity index (χ4n) is 2.09. The van der Waals surface area contributed by atoms with E-state index < -0.39 is 0 Å². The molecule has 2 saturated heterocycles. The minimum absolute atomic E-state index is 0.197. The summed E-state index contributed by atoms with van der Waals surface area (Å²) in [5, 5.41) is 0. The molecule has 2 atom stereocenters. The molecule has 0 amide bonds. The van der Waals surface area contributed by atoms with Crippen LogP contribution < -0.4 is 14.2 Å². The monoisotopic (exact) mass is 314 g/mol. The van der Waals surface area contributed by atoms with Crippen LogP contribution in [0.25, 0.3) is 0 Å². The molecule has 2 aromatic rings. The van der Waals surface area contributed by atoms with Crippen molar-refractivity contribution in [3.8, 4) is 23.0 Å². The Morgan fingerprint density at radius 1 is 0.783 bits per heavy atom. The summed E-state index contributed by atoms with van der Waals surface area (Å²) in [6.07, 6.45) is 0.416. The van der Waals surface area contributed by atoms with Crippen molar-refractivity contribution in [3.63, 3.8) is 0 Å². The lowest BCUT2D eigenvalue weighted by atomic mass is 10.3. The summed E-state index contributed by atoms with van der Waals surface area (Å²) >= 11 is 0. The molecule has 0 spiro atoms. The fourth-order valence-corrected chi connectivity index (χ4v) is 2.09. The second kappa shape index (κ2) is 6.48. The fraction of sp³-hybridized carbons (Fsp3) is 0.333. The quantitative estimate of drug-likeness (QED) is 0.701. The SMILES string of the molecule is c1ccc(Oc2cc(OCC3CO3)ccc2OCC2CO2)cc1. The number of ether oxygens (including phenoxy) is 5. The lowest BCUT2D eigenvalue weighted by molar-refractivity contribution is 0.250. The standard InChI is InChI=1S/C18H18O5/c1-2-4-13(5-3-1)23-18-8-14(19-9-15-10-20-15)6-7-17(18)22-12-16-11-21-16/h1-8,15-16H,9-12H2. The maximum Gasteiger partial charge on any atom is 0.172 e. The minimum atomic E-state index is 0.197. The van der Waals surface area contributed by atoms with Gasteiger partial charge in [0.05, 0.1) is 13.2 Å². The van der Waals surface area contributed by atoms with Crippen LogP contribution in [-0.2, 0) is 9.47 Å². The maximum atomic E-state index is 5.95. The highest BCUT2D eigenvalue weighted by Crippen LogP contribution is 2.35. The number of rotatable bonds is 8. The smallest absolute Gasteiger partial charge is 0.172 e. The third kappa shape index (κ3) is 4.15. The molecule has 2 heterocycles. The molecular formula is C18H18O5. The zero-order chi connectivity index (χ0) is 15.5. The molecule has 4 rings (SSSR count). The van der Waals surface area contributed by atoms with Gasteiger partial charge in [0.25, 0.3) is 0 Å². The van der Waals surface area contributed by atoms with Crippen molar-refractivity contribution in [2.45, 2.75) is 12.2 Å². The topological polar surface area (TPSA) is 52.8 Å². The Morgan fingerprint density at radius 3 is 2.17 bits per heavy atom. The molecule has 2 aliphatic rings. The molecule has 2 aliphatic heterocycles. The molecule has 23 heavy (non-hydrogen) atoms. The van der Waals surface area contributed by atoms with E-state index in [-0.39, 0.29) is 12.2 Å². The van der Waals surface area contributed by atoms with E-state index >= 15 is 0 Å². The maximum absolute atomic E-state index is 5.95. The Balaban J connectivity index is 1.50. The lowest BCUT2D eigenvalue weighted by Gasteiger charge is -2.14. The summed E-state index contributed by atoms with van der Waals surface area (Å²) in [7, 11) is 0. The second-order valence-corrected chi connectivity index (χ2v) is 5.56. The molecule has 2 aromatic carbocycles. The zero-order valence-corrected chi connectivity index (χ0v) is 12.6. The van der Waals surface area contributed by atoms with Gasteiger partial charge in [-0.25, -0.2) is 0 Å². The predicted molar refractivity (Wildman–Crippen MR) is 83.4 cm³/mol. The highest BCUT2D eigenvalue weighted by molar-refractivity contribution is 5.47. The van der Waals surface area contributed by atoms with Crippen molar-refractivity contribution >= 4 is 0 Å². The molecule has 0 radical (unpaired) electrons. The number of para-hydroxylation sites is 1. The first kappa shape index (κ1) is 14.4. The minimum Gasteiger partial charge on any atom is -0.491 e. The van der Waals surface area contributed by atoms with Crippen molar-refractivity contribution in [1.29, 1.82) is 0 Å². The lowest BCUT2D eigenvalue weighted by Crippen LogP contribution is -2.06. The van der Waals surface area contributed by atoms with E-state index in [1.54, 1.807) is 0 Å². The van der Waals surface area contributed by atoms with Gasteiger partial charge in [0.2, 0.25) is 0 Å². The van der Waals surface area contributed by atoms with Crippen LogP contribution in [0.4, 0.5) is 0 Å². The first-order valence-electron chi connectivity index (χ1n) is 7.72. The van der Waals surface area contributed by atoms with Crippen molar-refractivity contribution < 1.29 is 23.7 Å². The van der Waals surface area contributed by atoms with E-state index in [0.29, 0.717) is 24.7 Å². The van der Waals surface area contributed by atoms with Crippen LogP contribution in [0.2, 0.25) is 0 Å². The summed E-state index contributed by atoms with van der Waals surface area (Å²) in [5.41, 5.74) is 0. The average Bonchev–Trinajstić information content (AvgIpc) is 3.48. The van der Waals surface area contributed by atoms with Gasteiger partial charge < -0.3 is 23.7 Å². The highest BCUT2D eigenvalue weighted by Gasteiger charge is 2.25. The zero-order valence-electron chi connectivity index (χ0n) is 12.6. The number of hydrogen-bond acceptors (Lipinski definition) is 5. The molecule has 2 fully saturated rings. The molecule has 120 valence electrons. The first-order chi connectivity index (χ1) is 11.4. The summed E-state index contributed by atoms with van der Waals surface area (Å²) in [4.78, 5) is 0. The Bertz CT molecular complexity index is 650. The van der Waals surface area contributed by atoms with Crippen LogP contribution in [0.3, 0.4) is 0 Å². The molecule has 2 unspecified atom stereocenters. The Labute approximate surface area is 134 Å². The summed E-state index contributed by atoms with van der Waals surface area (Å²) < 4.78 is 27.8. The van der Waals surface area contributed by atoms with E-state index in [9.17, 15) is 0 Å². The van der Waals surface area contributed by atoms with Crippen LogP contribution in [0.15, 0.2) is 48.5 Å². The molecule has 0 bridgehead atoms. The van der Waals surface area contributed by atoms with Gasteiger partial charge in [-0.05, 0) is 24.3 Å². The van der Waals surface area contributed by atoms with Crippen molar-refractivity contribution in [2.24, 2.45) is 0 Å². The van der Waals surface area contributed by atoms with Gasteiger partial charge in [-0.15, -0.1) is 0 Å². The third-order valence-corrected chi connectivity index (χ3v) is 3.55. The van der Waals surface area contributed by atoms with Gasteiger partial charge in [0, 0.05) is 6.07 Å². The van der Waals surface area contributed by atoms with Crippen LogP contribution in [0.5, 0.6) is 23.0 Å². The molecule has 5 heteroatoms. The van der Waals surface area contributed by atoms with Crippen LogP contribution in [-0.4, -0.2) is 38.6 Å². The summed E-state index contributed by atoms with van der Waals surface area (Å²) in [6.45, 7) is 2.62. The molecule has 0 saturated carbocycles. The Hall–Kier alpha value is -2.24. The highest BCUT2D eigenvalue weighted by atomic mass is 16.6. The van der Waals surface area contributed by atoms with Crippen molar-refractivity contribution in [2.75, 3.05) is 26.4 Å². The normalized spacial score (nSPS) is 21.6. The third-order valence-electron chi connectivity index (χ3n) is 3.55. The average molecular weight is 314 g/mol. The summed E-state index contributed by atoms with van der Waals surface area (Å²) in [5.74, 6) is 2.80. The van der Waals surface area contributed by atoms with Gasteiger partial charge in [-0.3, -0.25) is 0 Å². The van der Waals surface area contributed by atoms with E-state index in [2.05, 4.69) is 0 Å². The van der Waals surface area contributed by atoms with E-state index in [1.807, 2.05) is 48.5 Å². The van der Waals surface area contributed by atoms with Crippen LogP contribution >= 0.6 is 0 Å². The van der Waals surface area contributed by atoms with Gasteiger partial charge in [-0.2, -0.15) is 0 Å². The summed E-state index contributed by atoms with van der Waals surface area (Å²) in [6, 6.07) is 15.2. The van der Waals surface area contributed by atoms with Gasteiger partial charge in [-0.1, -0.05) is 18.2 Å². The van der Waals surface area contributed by atoms with Gasteiger partial charge in [0.1, 0.15) is 36.9 Å². The Morgan fingerprint density at radius 2 is 1.48 bits per heavy atom. The van der Waals surface area contributed by atoms with Gasteiger partial charge >= 0.3 is 0 Å². The first-order valence-corrected chi connectivity index (χ1v) is 7.72. The largest absolute Gasteiger partial charge is 0.491 e. The molecule has 0 aromatic heterocycles. The number of epoxide rings is 2.